The first-order valence-corrected chi connectivity index (χ1v) is 12.2. The zero-order valence-corrected chi connectivity index (χ0v) is 18.4. The van der Waals surface area contributed by atoms with E-state index in [9.17, 15) is 13.2 Å². The molecule has 8 heteroatoms. The van der Waals surface area contributed by atoms with Crippen LogP contribution in [-0.2, 0) is 21.2 Å². The summed E-state index contributed by atoms with van der Waals surface area (Å²) >= 11 is 1.55. The Kier molecular flexibility index (Phi) is 6.19. The van der Waals surface area contributed by atoms with Crippen LogP contribution >= 0.6 is 11.8 Å². The van der Waals surface area contributed by atoms with E-state index in [1.165, 1.54) is 5.56 Å². The minimum atomic E-state index is -2.97. The fourth-order valence-electron chi connectivity index (χ4n) is 3.54. The first kappa shape index (κ1) is 20.9. The van der Waals surface area contributed by atoms with E-state index in [4.69, 9.17) is 0 Å². The summed E-state index contributed by atoms with van der Waals surface area (Å²) in [6, 6.07) is 7.94. The Balaban J connectivity index is 1.66. The lowest BCUT2D eigenvalue weighted by Gasteiger charge is -2.18. The van der Waals surface area contributed by atoms with Gasteiger partial charge in [0.15, 0.2) is 9.84 Å². The number of hydrogen-bond donors (Lipinski definition) is 0. The first-order chi connectivity index (χ1) is 13.2. The van der Waals surface area contributed by atoms with Crippen molar-refractivity contribution < 1.29 is 13.2 Å². The monoisotopic (exact) mass is 421 g/mol. The Morgan fingerprint density at radius 1 is 1.29 bits per heavy atom. The van der Waals surface area contributed by atoms with Gasteiger partial charge in [-0.3, -0.25) is 9.48 Å². The molecule has 2 aromatic rings. The Labute approximate surface area is 171 Å². The van der Waals surface area contributed by atoms with Crippen LogP contribution in [0.15, 0.2) is 29.2 Å². The lowest BCUT2D eigenvalue weighted by Crippen LogP contribution is -2.28. The van der Waals surface area contributed by atoms with Gasteiger partial charge in [-0.2, -0.15) is 5.10 Å². The van der Waals surface area contributed by atoms with Gasteiger partial charge in [0.05, 0.1) is 29.0 Å². The van der Waals surface area contributed by atoms with E-state index in [1.54, 1.807) is 23.7 Å². The second-order valence-corrected chi connectivity index (χ2v) is 10.7. The number of carbonyl (C=O) groups excluding carboxylic acids is 1. The zero-order valence-electron chi connectivity index (χ0n) is 16.8. The van der Waals surface area contributed by atoms with Gasteiger partial charge >= 0.3 is 0 Å². The molecule has 0 unspecified atom stereocenters. The maximum absolute atomic E-state index is 12.6. The molecule has 0 N–H and O–H groups in total. The molecular weight excluding hydrogens is 394 g/mol. The van der Waals surface area contributed by atoms with Crippen molar-refractivity contribution in [2.45, 2.75) is 44.7 Å². The topological polar surface area (TPSA) is 72.3 Å². The molecule has 0 bridgehead atoms. The molecule has 1 aromatic carbocycles. The number of rotatable bonds is 6. The second kappa shape index (κ2) is 8.29. The molecule has 2 heterocycles. The molecule has 3 rings (SSSR count). The van der Waals surface area contributed by atoms with Gasteiger partial charge < -0.3 is 4.90 Å². The number of aromatic nitrogens is 2. The second-order valence-electron chi connectivity index (χ2n) is 7.45. The quantitative estimate of drug-likeness (QED) is 0.671. The largest absolute Gasteiger partial charge is 0.341 e. The van der Waals surface area contributed by atoms with Crippen LogP contribution in [0.25, 0.3) is 0 Å². The maximum Gasteiger partial charge on any atom is 0.232 e. The van der Waals surface area contributed by atoms with E-state index < -0.39 is 9.84 Å². The number of benzene rings is 1. The SMILES string of the molecule is Cc1ccccc1SCC(=O)N(C)Cc1c(C)nn([C@@H]2CCS(=O)(=O)C2)c1C. The minimum absolute atomic E-state index is 0.0586. The van der Waals surface area contributed by atoms with Crippen LogP contribution in [0.3, 0.4) is 0 Å². The molecule has 0 saturated carbocycles. The Morgan fingerprint density at radius 2 is 2.00 bits per heavy atom. The molecule has 1 atom stereocenters. The van der Waals surface area contributed by atoms with Gasteiger partial charge in [0.1, 0.15) is 0 Å². The van der Waals surface area contributed by atoms with E-state index in [2.05, 4.69) is 5.10 Å². The van der Waals surface area contributed by atoms with Gasteiger partial charge in [-0.1, -0.05) is 18.2 Å². The van der Waals surface area contributed by atoms with Crippen molar-refractivity contribution in [2.75, 3.05) is 24.3 Å². The lowest BCUT2D eigenvalue weighted by molar-refractivity contribution is -0.127. The summed E-state index contributed by atoms with van der Waals surface area (Å²) in [5.74, 6) is 0.813. The predicted octanol–water partition coefficient (Wildman–Crippen LogP) is 2.92. The van der Waals surface area contributed by atoms with Crippen molar-refractivity contribution in [1.82, 2.24) is 14.7 Å². The van der Waals surface area contributed by atoms with Crippen molar-refractivity contribution in [2.24, 2.45) is 0 Å². The van der Waals surface area contributed by atoms with Crippen LogP contribution < -0.4 is 0 Å². The smallest absolute Gasteiger partial charge is 0.232 e. The molecule has 28 heavy (non-hydrogen) atoms. The number of amides is 1. The van der Waals surface area contributed by atoms with E-state index in [1.807, 2.05) is 49.7 Å². The van der Waals surface area contributed by atoms with E-state index in [-0.39, 0.29) is 23.5 Å². The highest BCUT2D eigenvalue weighted by Gasteiger charge is 2.31. The van der Waals surface area contributed by atoms with Crippen LogP contribution in [0.2, 0.25) is 0 Å². The van der Waals surface area contributed by atoms with Gasteiger partial charge in [0.25, 0.3) is 0 Å². The molecule has 0 spiro atoms. The van der Waals surface area contributed by atoms with Crippen LogP contribution in [0, 0.1) is 20.8 Å². The third-order valence-electron chi connectivity index (χ3n) is 5.29. The van der Waals surface area contributed by atoms with E-state index in [0.717, 1.165) is 21.8 Å². The first-order valence-electron chi connectivity index (χ1n) is 9.35. The number of hydrogen-bond acceptors (Lipinski definition) is 5. The molecule has 1 amide bonds. The summed E-state index contributed by atoms with van der Waals surface area (Å²) in [5, 5.41) is 4.58. The molecule has 0 aliphatic carbocycles. The molecule has 0 radical (unpaired) electrons. The third kappa shape index (κ3) is 4.60. The van der Waals surface area contributed by atoms with Gasteiger partial charge in [0, 0.05) is 29.7 Å². The van der Waals surface area contributed by atoms with Crippen LogP contribution in [0.1, 0.15) is 35.0 Å². The zero-order chi connectivity index (χ0) is 20.5. The summed E-state index contributed by atoms with van der Waals surface area (Å²) < 4.78 is 25.4. The highest BCUT2D eigenvalue weighted by atomic mass is 32.2. The number of aryl methyl sites for hydroxylation is 2. The summed E-state index contributed by atoms with van der Waals surface area (Å²) in [6.07, 6.45) is 0.603. The van der Waals surface area contributed by atoms with Crippen molar-refractivity contribution >= 4 is 27.5 Å². The fourth-order valence-corrected chi connectivity index (χ4v) is 6.20. The molecule has 6 nitrogen and oxygen atoms in total. The summed E-state index contributed by atoms with van der Waals surface area (Å²) in [7, 11) is -1.16. The van der Waals surface area contributed by atoms with Gasteiger partial charge in [-0.15, -0.1) is 11.8 Å². The highest BCUT2D eigenvalue weighted by molar-refractivity contribution is 8.00. The van der Waals surface area contributed by atoms with Gasteiger partial charge in [0.2, 0.25) is 5.91 Å². The van der Waals surface area contributed by atoms with Crippen molar-refractivity contribution in [3.63, 3.8) is 0 Å². The average Bonchev–Trinajstić information content (AvgIpc) is 3.14. The molecule has 1 saturated heterocycles. The van der Waals surface area contributed by atoms with Crippen molar-refractivity contribution in [1.29, 1.82) is 0 Å². The van der Waals surface area contributed by atoms with E-state index in [0.29, 0.717) is 18.7 Å². The fraction of sp³-hybridized carbons (Fsp3) is 0.500. The summed E-state index contributed by atoms with van der Waals surface area (Å²) in [5.41, 5.74) is 3.97. The summed E-state index contributed by atoms with van der Waals surface area (Å²) in [4.78, 5) is 15.4. The normalized spacial score (nSPS) is 18.4. The molecule has 1 aliphatic heterocycles. The van der Waals surface area contributed by atoms with Gasteiger partial charge in [-0.05, 0) is 38.8 Å². The number of sulfone groups is 1. The van der Waals surface area contributed by atoms with Crippen molar-refractivity contribution in [3.05, 3.63) is 46.8 Å². The van der Waals surface area contributed by atoms with E-state index >= 15 is 0 Å². The predicted molar refractivity (Wildman–Crippen MR) is 112 cm³/mol. The van der Waals surface area contributed by atoms with Crippen LogP contribution in [0.5, 0.6) is 0 Å². The Bertz CT molecular complexity index is 983. The molecule has 1 aliphatic rings. The molecule has 152 valence electrons. The van der Waals surface area contributed by atoms with Crippen molar-refractivity contribution in [3.8, 4) is 0 Å². The molecular formula is C20H27N3O3S2. The molecule has 1 fully saturated rings. The minimum Gasteiger partial charge on any atom is -0.341 e. The van der Waals surface area contributed by atoms with Crippen LogP contribution in [-0.4, -0.2) is 53.3 Å². The third-order valence-corrected chi connectivity index (χ3v) is 8.21. The maximum atomic E-state index is 12.6. The van der Waals surface area contributed by atoms with Gasteiger partial charge in [-0.25, -0.2) is 8.42 Å². The summed E-state index contributed by atoms with van der Waals surface area (Å²) in [6.45, 7) is 6.40. The standard InChI is InChI=1S/C20H27N3O3S2/c1-14-7-5-6-8-19(14)27-12-20(24)22(4)11-18-15(2)21-23(16(18)3)17-9-10-28(25,26)13-17/h5-8,17H,9-13H2,1-4H3/t17-/m1/s1. The Morgan fingerprint density at radius 3 is 2.64 bits per heavy atom. The highest BCUT2D eigenvalue weighted by Crippen LogP contribution is 2.27. The van der Waals surface area contributed by atoms with Crippen LogP contribution in [0.4, 0.5) is 0 Å². The number of nitrogens with zero attached hydrogens (tertiary/aromatic N) is 3. The number of thioether (sulfide) groups is 1. The Hall–Kier alpha value is -1.80. The molecule has 1 aromatic heterocycles. The average molecular weight is 422 g/mol. The number of carbonyl (C=O) groups is 1. The lowest BCUT2D eigenvalue weighted by atomic mass is 10.1.